The molecule has 0 aliphatic carbocycles. The number of aliphatic hydroxyl groups excluding tert-OH is 1. The molecule has 3 rings (SSSR count). The van der Waals surface area contributed by atoms with E-state index in [1.54, 1.807) is 25.3 Å². The van der Waals surface area contributed by atoms with Crippen LogP contribution < -0.4 is 20.1 Å². The van der Waals surface area contributed by atoms with E-state index in [0.717, 1.165) is 18.4 Å². The van der Waals surface area contributed by atoms with Crippen LogP contribution in [0.4, 0.5) is 0 Å². The van der Waals surface area contributed by atoms with Gasteiger partial charge in [0.15, 0.2) is 11.5 Å². The van der Waals surface area contributed by atoms with Crippen molar-refractivity contribution in [3.05, 3.63) is 95.6 Å². The van der Waals surface area contributed by atoms with Crippen LogP contribution in [0, 0.1) is 5.92 Å². The lowest BCUT2D eigenvalue weighted by Crippen LogP contribution is -2.55. The molecule has 0 saturated heterocycles. The molecule has 3 aromatic rings. The van der Waals surface area contributed by atoms with Crippen molar-refractivity contribution >= 4 is 17.6 Å². The predicted octanol–water partition coefficient (Wildman–Crippen LogP) is 4.85. The lowest BCUT2D eigenvalue weighted by Gasteiger charge is -2.28. The Labute approximate surface area is 261 Å². The van der Waals surface area contributed by atoms with Gasteiger partial charge in [0.2, 0.25) is 11.8 Å². The van der Waals surface area contributed by atoms with E-state index >= 15 is 0 Å². The number of nitrogens with one attached hydrogen (secondary N) is 2. The van der Waals surface area contributed by atoms with Crippen LogP contribution in [0.2, 0.25) is 0 Å². The van der Waals surface area contributed by atoms with Crippen molar-refractivity contribution in [1.82, 2.24) is 10.6 Å². The molecule has 2 amide bonds. The van der Waals surface area contributed by atoms with Gasteiger partial charge in [-0.1, -0.05) is 80.6 Å². The van der Waals surface area contributed by atoms with Gasteiger partial charge in [-0.3, -0.25) is 14.4 Å². The van der Waals surface area contributed by atoms with Crippen LogP contribution >= 0.6 is 0 Å². The van der Waals surface area contributed by atoms with E-state index in [4.69, 9.17) is 9.47 Å². The summed E-state index contributed by atoms with van der Waals surface area (Å²) in [7, 11) is 3.08. The number of ether oxygens (including phenoxy) is 2. The monoisotopic (exact) mass is 602 g/mol. The highest BCUT2D eigenvalue weighted by Gasteiger charge is 2.29. The van der Waals surface area contributed by atoms with E-state index in [2.05, 4.69) is 10.6 Å². The molecule has 0 aliphatic rings. The average Bonchev–Trinajstić information content (AvgIpc) is 3.02. The molecule has 0 unspecified atom stereocenters. The van der Waals surface area contributed by atoms with E-state index in [1.807, 2.05) is 74.5 Å². The van der Waals surface area contributed by atoms with E-state index in [1.165, 1.54) is 12.7 Å². The van der Waals surface area contributed by atoms with Crippen molar-refractivity contribution in [1.29, 1.82) is 0 Å². The lowest BCUT2D eigenvalue weighted by molar-refractivity contribution is -0.130. The van der Waals surface area contributed by atoms with Gasteiger partial charge in [0.25, 0.3) is 0 Å². The fourth-order valence-electron chi connectivity index (χ4n) is 5.13. The first-order valence-electron chi connectivity index (χ1n) is 15.3. The third kappa shape index (κ3) is 11.2. The number of carbonyl (C=O) groups excluding carboxylic acids is 3. The van der Waals surface area contributed by atoms with Gasteiger partial charge in [0, 0.05) is 12.8 Å². The second-order valence-corrected chi connectivity index (χ2v) is 11.4. The topological polar surface area (TPSA) is 114 Å². The molecule has 0 aromatic heterocycles. The summed E-state index contributed by atoms with van der Waals surface area (Å²) >= 11 is 0. The summed E-state index contributed by atoms with van der Waals surface area (Å²) in [5, 5.41) is 17.0. The highest BCUT2D eigenvalue weighted by atomic mass is 16.5. The summed E-state index contributed by atoms with van der Waals surface area (Å²) < 4.78 is 10.6. The van der Waals surface area contributed by atoms with Crippen LogP contribution in [-0.4, -0.2) is 55.1 Å². The second-order valence-electron chi connectivity index (χ2n) is 11.4. The minimum Gasteiger partial charge on any atom is -0.493 e. The summed E-state index contributed by atoms with van der Waals surface area (Å²) in [5.41, 5.74) is 2.86. The van der Waals surface area contributed by atoms with Gasteiger partial charge in [-0.15, -0.1) is 0 Å². The van der Waals surface area contributed by atoms with Gasteiger partial charge in [0.05, 0.1) is 32.8 Å². The number of ketones is 1. The van der Waals surface area contributed by atoms with E-state index in [0.29, 0.717) is 29.9 Å². The Kier molecular flexibility index (Phi) is 13.9. The number of methoxy groups -OCH3 is 2. The molecule has 3 atom stereocenters. The highest BCUT2D eigenvalue weighted by molar-refractivity contribution is 5.89. The third-order valence-corrected chi connectivity index (χ3v) is 7.65. The Morgan fingerprint density at radius 1 is 0.773 bits per heavy atom. The smallest absolute Gasteiger partial charge is 0.243 e. The molecule has 3 aromatic carbocycles. The molecular formula is C36H46N2O6. The van der Waals surface area contributed by atoms with Crippen molar-refractivity contribution in [3.63, 3.8) is 0 Å². The summed E-state index contributed by atoms with van der Waals surface area (Å²) in [4.78, 5) is 39.2. The zero-order chi connectivity index (χ0) is 31.9. The first kappa shape index (κ1) is 34.3. The number of aliphatic hydroxyl groups is 1. The molecular weight excluding hydrogens is 556 g/mol. The Bertz CT molecular complexity index is 1330. The molecule has 0 heterocycles. The van der Waals surface area contributed by atoms with Gasteiger partial charge >= 0.3 is 0 Å². The van der Waals surface area contributed by atoms with Crippen molar-refractivity contribution in [2.75, 3.05) is 14.2 Å². The second kappa shape index (κ2) is 17.8. The van der Waals surface area contributed by atoms with Crippen LogP contribution in [0.5, 0.6) is 11.5 Å². The molecule has 236 valence electrons. The maximum Gasteiger partial charge on any atom is 0.243 e. The summed E-state index contributed by atoms with van der Waals surface area (Å²) in [6, 6.07) is 23.4. The van der Waals surface area contributed by atoms with Gasteiger partial charge in [-0.2, -0.15) is 0 Å². The van der Waals surface area contributed by atoms with Crippen LogP contribution in [0.3, 0.4) is 0 Å². The number of hydrogen-bond acceptors (Lipinski definition) is 6. The summed E-state index contributed by atoms with van der Waals surface area (Å²) in [5.74, 6) is 0.274. The summed E-state index contributed by atoms with van der Waals surface area (Å²) in [6.07, 6.45) is 2.00. The molecule has 0 saturated carbocycles. The van der Waals surface area contributed by atoms with Crippen molar-refractivity contribution in [3.8, 4) is 11.5 Å². The minimum absolute atomic E-state index is 0.0549. The molecule has 8 heteroatoms. The molecule has 0 bridgehead atoms. The normalized spacial score (nSPS) is 13.0. The van der Waals surface area contributed by atoms with E-state index < -0.39 is 18.2 Å². The van der Waals surface area contributed by atoms with Gasteiger partial charge in [-0.25, -0.2) is 0 Å². The standard InChI is InChI=1S/C36H46N2O6/c1-25(2)35(38-34(41)24-28-18-21-32(43-3)33(23-28)44-4)36(42)37-30(22-27-14-9-6-10-15-27)31(40)20-19-29(39)17-11-16-26-12-7-5-8-13-26/h5-10,12-15,18,21,23,25,30-31,35,40H,11,16-17,19-20,22,24H2,1-4H3,(H,37,42)(H,38,41)/t30-,31-,35-/m0/s1. The van der Waals surface area contributed by atoms with Crippen LogP contribution in [0.25, 0.3) is 0 Å². The van der Waals surface area contributed by atoms with Crippen molar-refractivity contribution in [2.45, 2.75) is 77.0 Å². The number of amides is 2. The van der Waals surface area contributed by atoms with Crippen molar-refractivity contribution in [2.24, 2.45) is 5.92 Å². The van der Waals surface area contributed by atoms with Gasteiger partial charge in [0.1, 0.15) is 11.8 Å². The first-order valence-corrected chi connectivity index (χ1v) is 15.3. The van der Waals surface area contributed by atoms with Crippen molar-refractivity contribution < 1.29 is 29.0 Å². The minimum atomic E-state index is -0.937. The van der Waals surface area contributed by atoms with E-state index in [-0.39, 0.29) is 42.8 Å². The van der Waals surface area contributed by atoms with Gasteiger partial charge < -0.3 is 25.2 Å². The Hall–Kier alpha value is -4.17. The predicted molar refractivity (Wildman–Crippen MR) is 172 cm³/mol. The molecule has 0 fully saturated rings. The lowest BCUT2D eigenvalue weighted by atomic mass is 9.95. The quantitative estimate of drug-likeness (QED) is 0.192. The fourth-order valence-corrected chi connectivity index (χ4v) is 5.13. The van der Waals surface area contributed by atoms with E-state index in [9.17, 15) is 19.5 Å². The first-order chi connectivity index (χ1) is 21.2. The number of carbonyl (C=O) groups is 3. The average molecular weight is 603 g/mol. The Morgan fingerprint density at radius 2 is 1.41 bits per heavy atom. The van der Waals surface area contributed by atoms with Crippen LogP contribution in [0.1, 0.15) is 56.2 Å². The van der Waals surface area contributed by atoms with Crippen LogP contribution in [-0.2, 0) is 33.6 Å². The molecule has 8 nitrogen and oxygen atoms in total. The summed E-state index contributed by atoms with van der Waals surface area (Å²) in [6.45, 7) is 3.72. The molecule has 3 N–H and O–H groups in total. The maximum absolute atomic E-state index is 13.5. The highest BCUT2D eigenvalue weighted by Crippen LogP contribution is 2.27. The number of rotatable bonds is 18. The fraction of sp³-hybridized carbons (Fsp3) is 0.417. The molecule has 0 radical (unpaired) electrons. The largest absolute Gasteiger partial charge is 0.493 e. The molecule has 44 heavy (non-hydrogen) atoms. The third-order valence-electron chi connectivity index (χ3n) is 7.65. The maximum atomic E-state index is 13.5. The Balaban J connectivity index is 1.61. The number of hydrogen-bond donors (Lipinski definition) is 3. The molecule has 0 spiro atoms. The zero-order valence-electron chi connectivity index (χ0n) is 26.3. The number of benzene rings is 3. The zero-order valence-corrected chi connectivity index (χ0v) is 26.3. The SMILES string of the molecule is COc1ccc(CC(=O)N[C@H](C(=O)N[C@@H](Cc2ccccc2)[C@@H](O)CCC(=O)CCCc2ccccc2)C(C)C)cc1OC. The van der Waals surface area contributed by atoms with Gasteiger partial charge in [-0.05, 0) is 60.4 Å². The number of Topliss-reactive ketones (excluding diaryl/α,β-unsaturated/α-hetero) is 1. The van der Waals surface area contributed by atoms with Crippen LogP contribution in [0.15, 0.2) is 78.9 Å². The number of aryl methyl sites for hydroxylation is 1. The Morgan fingerprint density at radius 3 is 2.02 bits per heavy atom. The molecule has 0 aliphatic heterocycles.